The highest BCUT2D eigenvalue weighted by atomic mass is 16.5. The molecular weight excluding hydrogens is 849 g/mol. The number of carboxylic acid groups (broad SMARTS) is 2. The number of methoxy groups -OCH3 is 3. The Labute approximate surface area is 385 Å². The van der Waals surface area contributed by atoms with Gasteiger partial charge in [0.25, 0.3) is 0 Å². The van der Waals surface area contributed by atoms with Crippen LogP contribution in [0.5, 0.6) is 0 Å². The number of esters is 3. The Hall–Kier alpha value is -4.03. The molecule has 2 rings (SSSR count). The largest absolute Gasteiger partial charge is 0.480 e. The zero-order valence-corrected chi connectivity index (χ0v) is 40.0. The van der Waals surface area contributed by atoms with E-state index in [0.29, 0.717) is 105 Å². The van der Waals surface area contributed by atoms with Gasteiger partial charge in [-0.3, -0.25) is 67.9 Å². The van der Waals surface area contributed by atoms with Crippen LogP contribution in [-0.2, 0) is 47.8 Å². The Morgan fingerprint density at radius 2 is 0.769 bits per heavy atom. The minimum atomic E-state index is -0.987. The standard InChI is InChI=1S/C43H80N10O12/c1-7-46-12-14-48(18-23-52(33-42(61)64-5)27-26-51(15-13-46)32-41(60)63-4)29-38(55)45-36(35(2)3)10-8-9-11-44-37(54)28-47-16-19-49(30-39(56)57)21-24-53(34-43(62)65-6)25-22-50(20-17-47)31-40(58)59/h35-36H,7-34H2,1-6H3,(H,44,54)(H,45,55)(H,56,57)(H,58,59). The molecule has 2 fully saturated rings. The first-order valence-corrected chi connectivity index (χ1v) is 23.0. The van der Waals surface area contributed by atoms with Gasteiger partial charge in [0.1, 0.15) is 0 Å². The van der Waals surface area contributed by atoms with Crippen LogP contribution in [0.15, 0.2) is 0 Å². The van der Waals surface area contributed by atoms with Crippen LogP contribution < -0.4 is 10.6 Å². The van der Waals surface area contributed by atoms with Crippen molar-refractivity contribution in [2.45, 2.75) is 46.1 Å². The summed E-state index contributed by atoms with van der Waals surface area (Å²) in [4.78, 5) is 102. The van der Waals surface area contributed by atoms with Crippen LogP contribution in [0.25, 0.3) is 0 Å². The molecule has 22 nitrogen and oxygen atoms in total. The van der Waals surface area contributed by atoms with E-state index in [2.05, 4.69) is 41.2 Å². The van der Waals surface area contributed by atoms with Crippen molar-refractivity contribution in [1.82, 2.24) is 49.8 Å². The van der Waals surface area contributed by atoms with E-state index in [0.717, 1.165) is 32.5 Å². The van der Waals surface area contributed by atoms with Crippen LogP contribution in [0.3, 0.4) is 0 Å². The lowest BCUT2D eigenvalue weighted by Gasteiger charge is -2.33. The lowest BCUT2D eigenvalue weighted by Crippen LogP contribution is -2.50. The number of hydrogen-bond acceptors (Lipinski definition) is 18. The molecular formula is C43H80N10O12. The molecule has 2 aliphatic rings. The third-order valence-electron chi connectivity index (χ3n) is 11.9. The molecule has 4 N–H and O–H groups in total. The highest BCUT2D eigenvalue weighted by molar-refractivity contribution is 5.78. The first-order valence-electron chi connectivity index (χ1n) is 23.0. The van der Waals surface area contributed by atoms with Crippen LogP contribution in [0, 0.1) is 5.92 Å². The number of carboxylic acids is 2. The molecule has 2 heterocycles. The summed E-state index contributed by atoms with van der Waals surface area (Å²) < 4.78 is 14.7. The molecule has 22 heteroatoms. The molecule has 0 aliphatic carbocycles. The van der Waals surface area contributed by atoms with Gasteiger partial charge in [-0.2, -0.15) is 0 Å². The summed E-state index contributed by atoms with van der Waals surface area (Å²) in [6.07, 6.45) is 2.18. The maximum atomic E-state index is 13.6. The van der Waals surface area contributed by atoms with Gasteiger partial charge in [-0.15, -0.1) is 0 Å². The number of aliphatic carboxylic acids is 2. The minimum Gasteiger partial charge on any atom is -0.480 e. The number of ether oxygens (including phenoxy) is 3. The Morgan fingerprint density at radius 1 is 0.462 bits per heavy atom. The summed E-state index contributed by atoms with van der Waals surface area (Å²) in [5.41, 5.74) is 0. The number of carbonyl (C=O) groups excluding carboxylic acids is 5. The van der Waals surface area contributed by atoms with Gasteiger partial charge in [0.15, 0.2) is 0 Å². The topological polar surface area (TPSA) is 238 Å². The molecule has 2 aliphatic heterocycles. The second-order valence-electron chi connectivity index (χ2n) is 17.1. The maximum Gasteiger partial charge on any atom is 0.319 e. The van der Waals surface area contributed by atoms with E-state index in [1.165, 1.54) is 21.3 Å². The van der Waals surface area contributed by atoms with Gasteiger partial charge in [0, 0.05) is 117 Å². The number of nitrogens with one attached hydrogen (secondary N) is 2. The van der Waals surface area contributed by atoms with Gasteiger partial charge in [0.05, 0.1) is 67.1 Å². The van der Waals surface area contributed by atoms with E-state index < -0.39 is 17.9 Å². The van der Waals surface area contributed by atoms with Crippen molar-refractivity contribution in [2.75, 3.05) is 185 Å². The van der Waals surface area contributed by atoms with Crippen LogP contribution in [0.1, 0.15) is 40.0 Å². The van der Waals surface area contributed by atoms with E-state index in [-0.39, 0.29) is 81.5 Å². The summed E-state index contributed by atoms with van der Waals surface area (Å²) in [6.45, 7) is 15.5. The monoisotopic (exact) mass is 929 g/mol. The zero-order valence-electron chi connectivity index (χ0n) is 40.0. The van der Waals surface area contributed by atoms with E-state index in [9.17, 15) is 43.8 Å². The fourth-order valence-electron chi connectivity index (χ4n) is 7.71. The van der Waals surface area contributed by atoms with Crippen LogP contribution in [-0.4, -0.2) is 282 Å². The van der Waals surface area contributed by atoms with Crippen molar-refractivity contribution >= 4 is 41.7 Å². The molecule has 0 saturated carbocycles. The third kappa shape index (κ3) is 26.0. The molecule has 0 aromatic heterocycles. The van der Waals surface area contributed by atoms with Crippen LogP contribution >= 0.6 is 0 Å². The molecule has 374 valence electrons. The number of likely N-dealkylation sites (N-methyl/N-ethyl adjacent to an activating group) is 1. The summed E-state index contributed by atoms with van der Waals surface area (Å²) in [5, 5.41) is 25.4. The van der Waals surface area contributed by atoms with E-state index in [1.807, 2.05) is 19.6 Å². The SMILES string of the molecule is CCN1CCN(CC(=O)NC(CCCCNC(=O)CN2CCN(CC(=O)O)CCN(CC(=O)OC)CCN(CC(=O)O)CC2)C(C)C)CCN(CC(=O)OC)CCN(CC(=O)OC)CC1. The van der Waals surface area contributed by atoms with Crippen LogP contribution in [0.4, 0.5) is 0 Å². The predicted molar refractivity (Wildman–Crippen MR) is 242 cm³/mol. The number of carbonyl (C=O) groups is 7. The van der Waals surface area contributed by atoms with Crippen molar-refractivity contribution in [2.24, 2.45) is 5.92 Å². The summed E-state index contributed by atoms with van der Waals surface area (Å²) in [7, 11) is 4.03. The van der Waals surface area contributed by atoms with Gasteiger partial charge < -0.3 is 40.0 Å². The smallest absolute Gasteiger partial charge is 0.319 e. The van der Waals surface area contributed by atoms with Crippen LogP contribution in [0.2, 0.25) is 0 Å². The summed E-state index contributed by atoms with van der Waals surface area (Å²) in [6, 6.07) is -0.0771. The van der Waals surface area contributed by atoms with Gasteiger partial charge >= 0.3 is 29.8 Å². The van der Waals surface area contributed by atoms with Gasteiger partial charge in [0.2, 0.25) is 11.8 Å². The second kappa shape index (κ2) is 32.6. The Kier molecular flexibility index (Phi) is 28.6. The number of unbranched alkanes of at least 4 members (excludes halogenated alkanes) is 1. The van der Waals surface area contributed by atoms with E-state index >= 15 is 0 Å². The van der Waals surface area contributed by atoms with E-state index in [4.69, 9.17) is 14.2 Å². The third-order valence-corrected chi connectivity index (χ3v) is 11.9. The van der Waals surface area contributed by atoms with Gasteiger partial charge in [-0.05, 0) is 31.7 Å². The molecule has 0 radical (unpaired) electrons. The number of amides is 2. The molecule has 2 saturated heterocycles. The fourth-order valence-corrected chi connectivity index (χ4v) is 7.71. The molecule has 0 aromatic carbocycles. The lowest BCUT2D eigenvalue weighted by atomic mass is 9.98. The highest BCUT2D eigenvalue weighted by Gasteiger charge is 2.24. The molecule has 1 atom stereocenters. The quantitative estimate of drug-likeness (QED) is 0.0502. The fraction of sp³-hybridized carbons (Fsp3) is 0.837. The maximum absolute atomic E-state index is 13.6. The molecule has 0 bridgehead atoms. The predicted octanol–water partition coefficient (Wildman–Crippen LogP) is -2.44. The summed E-state index contributed by atoms with van der Waals surface area (Å²) >= 11 is 0. The Bertz CT molecular complexity index is 1430. The Morgan fingerprint density at radius 3 is 1.08 bits per heavy atom. The second-order valence-corrected chi connectivity index (χ2v) is 17.1. The normalized spacial score (nSPS) is 19.1. The van der Waals surface area contributed by atoms with E-state index in [1.54, 1.807) is 9.80 Å². The lowest BCUT2D eigenvalue weighted by molar-refractivity contribution is -0.143. The summed E-state index contributed by atoms with van der Waals surface area (Å²) in [5.74, 6) is -3.18. The Balaban J connectivity index is 1.97. The number of hydrogen-bond donors (Lipinski definition) is 4. The zero-order chi connectivity index (χ0) is 48.1. The average molecular weight is 929 g/mol. The average Bonchev–Trinajstić information content (AvgIpc) is 3.25. The van der Waals surface area contributed by atoms with Gasteiger partial charge in [-0.25, -0.2) is 0 Å². The van der Waals surface area contributed by atoms with Gasteiger partial charge in [-0.1, -0.05) is 20.8 Å². The van der Waals surface area contributed by atoms with Crippen molar-refractivity contribution in [3.05, 3.63) is 0 Å². The first kappa shape index (κ1) is 57.1. The number of nitrogens with zero attached hydrogens (tertiary/aromatic N) is 8. The molecule has 1 unspecified atom stereocenters. The molecule has 65 heavy (non-hydrogen) atoms. The first-order chi connectivity index (χ1) is 31.0. The highest BCUT2D eigenvalue weighted by Crippen LogP contribution is 2.11. The van der Waals surface area contributed by atoms with Crippen molar-refractivity contribution < 1.29 is 58.0 Å². The van der Waals surface area contributed by atoms with Crippen molar-refractivity contribution in [1.29, 1.82) is 0 Å². The number of rotatable bonds is 22. The van der Waals surface area contributed by atoms with Crippen molar-refractivity contribution in [3.8, 4) is 0 Å². The minimum absolute atomic E-state index is 0.00123. The van der Waals surface area contributed by atoms with Crippen molar-refractivity contribution in [3.63, 3.8) is 0 Å². The molecule has 2 amide bonds. The molecule has 0 spiro atoms. The molecule has 0 aromatic rings.